The van der Waals surface area contributed by atoms with Crippen LogP contribution in [0, 0.1) is 5.92 Å². The first-order chi connectivity index (χ1) is 5.61. The second kappa shape index (κ2) is 3.40. The summed E-state index contributed by atoms with van der Waals surface area (Å²) in [5.74, 6) is -0.736. The number of hydrogen-bond donors (Lipinski definition) is 3. The van der Waals surface area contributed by atoms with Crippen LogP contribution in [0.25, 0.3) is 0 Å². The second-order valence-electron chi connectivity index (χ2n) is 2.77. The van der Waals surface area contributed by atoms with Crippen molar-refractivity contribution < 1.29 is 9.59 Å². The lowest BCUT2D eigenvalue weighted by atomic mass is 10.1. The van der Waals surface area contributed by atoms with Crippen LogP contribution in [0.15, 0.2) is 0 Å². The third-order valence-corrected chi connectivity index (χ3v) is 1.85. The highest BCUT2D eigenvalue weighted by Crippen LogP contribution is 2.03. The average Bonchev–Trinajstić information content (AvgIpc) is 2.04. The van der Waals surface area contributed by atoms with E-state index in [1.165, 1.54) is 4.90 Å². The smallest absolute Gasteiger partial charge is 0.315 e. The zero-order valence-corrected chi connectivity index (χ0v) is 6.62. The molecule has 1 fully saturated rings. The number of carbonyl (C=O) groups excluding carboxylic acids is 2. The van der Waals surface area contributed by atoms with Crippen molar-refractivity contribution in [3.63, 3.8) is 0 Å². The number of amides is 3. The third-order valence-electron chi connectivity index (χ3n) is 1.85. The summed E-state index contributed by atoms with van der Waals surface area (Å²) in [7, 11) is 0. The summed E-state index contributed by atoms with van der Waals surface area (Å²) in [5, 5.41) is 2.87. The Bertz CT molecular complexity index is 186. The zero-order chi connectivity index (χ0) is 9.14. The van der Waals surface area contributed by atoms with Crippen LogP contribution in [0.5, 0.6) is 0 Å². The van der Waals surface area contributed by atoms with Gasteiger partial charge in [-0.15, -0.1) is 0 Å². The van der Waals surface area contributed by atoms with E-state index in [0.717, 1.165) is 0 Å². The second-order valence-corrected chi connectivity index (χ2v) is 2.77. The van der Waals surface area contributed by atoms with Crippen molar-refractivity contribution >= 4 is 11.9 Å². The normalized spacial score (nSPS) is 23.7. The fourth-order valence-corrected chi connectivity index (χ4v) is 1.13. The summed E-state index contributed by atoms with van der Waals surface area (Å²) >= 11 is 0. The van der Waals surface area contributed by atoms with Gasteiger partial charge >= 0.3 is 6.03 Å². The Kier molecular flexibility index (Phi) is 2.49. The minimum Gasteiger partial charge on any atom is -0.369 e. The average molecular weight is 172 g/mol. The van der Waals surface area contributed by atoms with E-state index in [1.807, 2.05) is 0 Å². The number of rotatable bonds is 1. The van der Waals surface area contributed by atoms with Gasteiger partial charge in [-0.3, -0.25) is 10.1 Å². The van der Waals surface area contributed by atoms with Gasteiger partial charge in [0, 0.05) is 13.1 Å². The van der Waals surface area contributed by atoms with Crippen LogP contribution in [-0.4, -0.2) is 36.6 Å². The Hall–Kier alpha value is -1.30. The number of hydrogen-bond acceptors (Lipinski definition) is 3. The molecule has 68 valence electrons. The molecule has 0 radical (unpaired) electrons. The van der Waals surface area contributed by atoms with E-state index in [9.17, 15) is 9.59 Å². The minimum atomic E-state index is -0.534. The minimum absolute atomic E-state index is 0.317. The lowest BCUT2D eigenvalue weighted by Gasteiger charge is -2.30. The van der Waals surface area contributed by atoms with Gasteiger partial charge in [-0.1, -0.05) is 0 Å². The van der Waals surface area contributed by atoms with Crippen LogP contribution in [0.4, 0.5) is 4.79 Å². The molecule has 0 saturated carbocycles. The molecule has 6 nitrogen and oxygen atoms in total. The van der Waals surface area contributed by atoms with Gasteiger partial charge in [-0.25, -0.2) is 4.79 Å². The van der Waals surface area contributed by atoms with Gasteiger partial charge in [0.2, 0.25) is 5.91 Å². The SMILES string of the molecule is NC(=O)C1CNCN(C(N)=O)C1. The monoisotopic (exact) mass is 172 g/mol. The molecule has 0 bridgehead atoms. The molecule has 1 rings (SSSR count). The summed E-state index contributed by atoms with van der Waals surface area (Å²) in [6.07, 6.45) is 0. The number of urea groups is 1. The van der Waals surface area contributed by atoms with Crippen LogP contribution < -0.4 is 16.8 Å². The Morgan fingerprint density at radius 3 is 2.58 bits per heavy atom. The van der Waals surface area contributed by atoms with Gasteiger partial charge in [0.1, 0.15) is 0 Å². The first-order valence-corrected chi connectivity index (χ1v) is 3.65. The van der Waals surface area contributed by atoms with Crippen LogP contribution in [-0.2, 0) is 4.79 Å². The summed E-state index contributed by atoms with van der Waals surface area (Å²) in [6, 6.07) is -0.534. The predicted molar refractivity (Wildman–Crippen MR) is 41.8 cm³/mol. The lowest BCUT2D eigenvalue weighted by molar-refractivity contribution is -0.122. The summed E-state index contributed by atoms with van der Waals surface area (Å²) in [4.78, 5) is 22.8. The van der Waals surface area contributed by atoms with Crippen molar-refractivity contribution in [3.8, 4) is 0 Å². The van der Waals surface area contributed by atoms with Crippen LogP contribution in [0.2, 0.25) is 0 Å². The molecule has 3 amide bonds. The highest BCUT2D eigenvalue weighted by Gasteiger charge is 2.25. The van der Waals surface area contributed by atoms with Gasteiger partial charge in [-0.05, 0) is 0 Å². The van der Waals surface area contributed by atoms with Crippen LogP contribution in [0.1, 0.15) is 0 Å². The Labute approximate surface area is 69.9 Å². The number of primary amides is 2. The highest BCUT2D eigenvalue weighted by molar-refractivity contribution is 5.79. The number of nitrogens with zero attached hydrogens (tertiary/aromatic N) is 1. The van der Waals surface area contributed by atoms with Crippen LogP contribution >= 0.6 is 0 Å². The maximum absolute atomic E-state index is 10.7. The quantitative estimate of drug-likeness (QED) is 0.427. The molecular formula is C6H12N4O2. The predicted octanol–water partition coefficient (Wildman–Crippen LogP) is -1.97. The molecule has 12 heavy (non-hydrogen) atoms. The van der Waals surface area contributed by atoms with E-state index < -0.39 is 11.9 Å². The van der Waals surface area contributed by atoms with Gasteiger partial charge in [0.25, 0.3) is 0 Å². The molecule has 0 spiro atoms. The first kappa shape index (κ1) is 8.79. The summed E-state index contributed by atoms with van der Waals surface area (Å²) in [6.45, 7) is 1.22. The number of nitrogens with two attached hydrogens (primary N) is 2. The Morgan fingerprint density at radius 2 is 2.08 bits per heavy atom. The lowest BCUT2D eigenvalue weighted by Crippen LogP contribution is -2.54. The van der Waals surface area contributed by atoms with Gasteiger partial charge in [0.15, 0.2) is 0 Å². The van der Waals surface area contributed by atoms with Crippen molar-refractivity contribution in [2.24, 2.45) is 17.4 Å². The highest BCUT2D eigenvalue weighted by atomic mass is 16.2. The molecule has 6 heteroatoms. The molecule has 0 aliphatic carbocycles. The number of nitrogens with one attached hydrogen (secondary N) is 1. The molecule has 1 atom stereocenters. The van der Waals surface area contributed by atoms with Crippen molar-refractivity contribution in [3.05, 3.63) is 0 Å². The molecule has 1 heterocycles. The fraction of sp³-hybridized carbons (Fsp3) is 0.667. The van der Waals surface area contributed by atoms with Gasteiger partial charge in [0.05, 0.1) is 12.6 Å². The molecule has 1 saturated heterocycles. The van der Waals surface area contributed by atoms with E-state index in [4.69, 9.17) is 11.5 Å². The maximum atomic E-state index is 10.7. The van der Waals surface area contributed by atoms with E-state index in [1.54, 1.807) is 0 Å². The Balaban J connectivity index is 2.51. The molecule has 0 aromatic carbocycles. The molecule has 0 aromatic rings. The number of carbonyl (C=O) groups is 2. The van der Waals surface area contributed by atoms with Crippen molar-refractivity contribution in [2.75, 3.05) is 19.8 Å². The van der Waals surface area contributed by atoms with E-state index in [0.29, 0.717) is 19.8 Å². The van der Waals surface area contributed by atoms with Gasteiger partial charge in [-0.2, -0.15) is 0 Å². The molecule has 5 N–H and O–H groups in total. The maximum Gasteiger partial charge on any atom is 0.315 e. The zero-order valence-electron chi connectivity index (χ0n) is 6.62. The molecule has 1 unspecified atom stereocenters. The first-order valence-electron chi connectivity index (χ1n) is 3.65. The topological polar surface area (TPSA) is 101 Å². The Morgan fingerprint density at radius 1 is 1.42 bits per heavy atom. The largest absolute Gasteiger partial charge is 0.369 e. The molecular weight excluding hydrogens is 160 g/mol. The summed E-state index contributed by atoms with van der Waals surface area (Å²) < 4.78 is 0. The van der Waals surface area contributed by atoms with Crippen molar-refractivity contribution in [1.82, 2.24) is 10.2 Å². The molecule has 1 aliphatic rings. The van der Waals surface area contributed by atoms with Gasteiger partial charge < -0.3 is 16.4 Å². The molecule has 1 aliphatic heterocycles. The summed E-state index contributed by atoms with van der Waals surface area (Å²) in [5.41, 5.74) is 10.1. The van der Waals surface area contributed by atoms with E-state index >= 15 is 0 Å². The van der Waals surface area contributed by atoms with Crippen molar-refractivity contribution in [2.45, 2.75) is 0 Å². The van der Waals surface area contributed by atoms with Crippen molar-refractivity contribution in [1.29, 1.82) is 0 Å². The van der Waals surface area contributed by atoms with Crippen LogP contribution in [0.3, 0.4) is 0 Å². The van der Waals surface area contributed by atoms with E-state index in [2.05, 4.69) is 5.32 Å². The standard InChI is InChI=1S/C6H12N4O2/c7-5(11)4-1-9-3-10(2-4)6(8)12/h4,9H,1-3H2,(H2,7,11)(H2,8,12). The fourth-order valence-electron chi connectivity index (χ4n) is 1.13. The van der Waals surface area contributed by atoms with E-state index in [-0.39, 0.29) is 5.92 Å². The molecule has 0 aromatic heterocycles. The third kappa shape index (κ3) is 1.85.